The van der Waals surface area contributed by atoms with Gasteiger partial charge >= 0.3 is 0 Å². The first kappa shape index (κ1) is 16.2. The molecular weight excluding hydrogens is 300 g/mol. The van der Waals surface area contributed by atoms with Gasteiger partial charge in [0.1, 0.15) is 6.54 Å². The number of para-hydroxylation sites is 1. The predicted octanol–water partition coefficient (Wildman–Crippen LogP) is 3.51. The molecule has 3 rings (SSSR count). The number of carbonyl (C=O) groups excluding carboxylic acids is 2. The first-order valence-electron chi connectivity index (χ1n) is 8.23. The van der Waals surface area contributed by atoms with Gasteiger partial charge in [0, 0.05) is 11.4 Å². The van der Waals surface area contributed by atoms with E-state index in [4.69, 9.17) is 0 Å². The maximum atomic E-state index is 12.7. The highest BCUT2D eigenvalue weighted by molar-refractivity contribution is 6.11. The van der Waals surface area contributed by atoms with Gasteiger partial charge < -0.3 is 10.2 Å². The Kier molecular flexibility index (Phi) is 4.14. The third-order valence-corrected chi connectivity index (χ3v) is 4.60. The lowest BCUT2D eigenvalue weighted by Crippen LogP contribution is -2.40. The van der Waals surface area contributed by atoms with Crippen LogP contribution in [0.15, 0.2) is 48.5 Å². The highest BCUT2D eigenvalue weighted by Crippen LogP contribution is 2.41. The summed E-state index contributed by atoms with van der Waals surface area (Å²) in [6.45, 7) is 5.91. The van der Waals surface area contributed by atoms with Gasteiger partial charge in [0.2, 0.25) is 11.8 Å². The normalized spacial score (nSPS) is 15.3. The molecule has 2 aromatic carbocycles. The van der Waals surface area contributed by atoms with Crippen LogP contribution >= 0.6 is 0 Å². The van der Waals surface area contributed by atoms with Crippen molar-refractivity contribution in [1.29, 1.82) is 0 Å². The van der Waals surface area contributed by atoms with Gasteiger partial charge in [-0.05, 0) is 49.6 Å². The van der Waals surface area contributed by atoms with Gasteiger partial charge in [0.15, 0.2) is 0 Å². The molecule has 0 spiro atoms. The van der Waals surface area contributed by atoms with Crippen LogP contribution in [0, 0.1) is 0 Å². The number of aryl methyl sites for hydroxylation is 1. The van der Waals surface area contributed by atoms with E-state index in [0.717, 1.165) is 23.4 Å². The topological polar surface area (TPSA) is 49.4 Å². The summed E-state index contributed by atoms with van der Waals surface area (Å²) in [6, 6.07) is 15.4. The molecule has 0 saturated carbocycles. The monoisotopic (exact) mass is 322 g/mol. The maximum absolute atomic E-state index is 12.7. The van der Waals surface area contributed by atoms with Crippen molar-refractivity contribution in [3.63, 3.8) is 0 Å². The number of hydrogen-bond acceptors (Lipinski definition) is 2. The van der Waals surface area contributed by atoms with Gasteiger partial charge in [-0.15, -0.1) is 0 Å². The zero-order valence-electron chi connectivity index (χ0n) is 14.3. The van der Waals surface area contributed by atoms with Gasteiger partial charge in [-0.2, -0.15) is 0 Å². The Morgan fingerprint density at radius 3 is 2.42 bits per heavy atom. The van der Waals surface area contributed by atoms with E-state index in [-0.39, 0.29) is 18.4 Å². The van der Waals surface area contributed by atoms with Gasteiger partial charge in [0.05, 0.1) is 5.41 Å². The van der Waals surface area contributed by atoms with Crippen LogP contribution in [0.5, 0.6) is 0 Å². The summed E-state index contributed by atoms with van der Waals surface area (Å²) in [4.78, 5) is 26.7. The fraction of sp³-hybridized carbons (Fsp3) is 0.300. The van der Waals surface area contributed by atoms with Gasteiger partial charge in [-0.3, -0.25) is 9.59 Å². The van der Waals surface area contributed by atoms with Crippen molar-refractivity contribution in [2.75, 3.05) is 16.8 Å². The molecule has 4 heteroatoms. The van der Waals surface area contributed by atoms with Crippen LogP contribution in [-0.4, -0.2) is 18.4 Å². The summed E-state index contributed by atoms with van der Waals surface area (Å²) in [5.41, 5.74) is 3.16. The summed E-state index contributed by atoms with van der Waals surface area (Å²) in [6.07, 6.45) is 0.961. The Balaban J connectivity index is 1.76. The molecule has 4 nitrogen and oxygen atoms in total. The third kappa shape index (κ3) is 2.80. The zero-order chi connectivity index (χ0) is 17.3. The average Bonchev–Trinajstić information content (AvgIpc) is 2.77. The highest BCUT2D eigenvalue weighted by atomic mass is 16.2. The fourth-order valence-corrected chi connectivity index (χ4v) is 3.12. The molecule has 0 aliphatic carbocycles. The largest absolute Gasteiger partial charge is 0.325 e. The van der Waals surface area contributed by atoms with Crippen molar-refractivity contribution in [2.24, 2.45) is 0 Å². The lowest BCUT2D eigenvalue weighted by Gasteiger charge is -2.20. The Morgan fingerprint density at radius 2 is 1.75 bits per heavy atom. The first-order chi connectivity index (χ1) is 11.4. The average molecular weight is 322 g/mol. The van der Waals surface area contributed by atoms with Crippen molar-refractivity contribution in [3.05, 3.63) is 59.7 Å². The number of carbonyl (C=O) groups is 2. The second-order valence-corrected chi connectivity index (χ2v) is 6.63. The van der Waals surface area contributed by atoms with E-state index in [1.807, 2.05) is 62.4 Å². The van der Waals surface area contributed by atoms with E-state index in [2.05, 4.69) is 12.2 Å². The van der Waals surface area contributed by atoms with Crippen LogP contribution in [0.4, 0.5) is 11.4 Å². The molecule has 0 radical (unpaired) electrons. The SMILES string of the molecule is CCc1ccc(NC(=O)CN2C(=O)C(C)(C)c3ccccc32)cc1. The molecule has 0 atom stereocenters. The van der Waals surface area contributed by atoms with Crippen molar-refractivity contribution in [3.8, 4) is 0 Å². The number of nitrogens with one attached hydrogen (secondary N) is 1. The minimum absolute atomic E-state index is 0.0226. The standard InChI is InChI=1S/C20H22N2O2/c1-4-14-9-11-15(12-10-14)21-18(23)13-22-17-8-6-5-7-16(17)20(2,3)19(22)24/h5-12H,4,13H2,1-3H3,(H,21,23). The number of benzene rings is 2. The molecule has 0 saturated heterocycles. The van der Waals surface area contributed by atoms with Crippen molar-refractivity contribution in [2.45, 2.75) is 32.6 Å². The number of nitrogens with zero attached hydrogens (tertiary/aromatic N) is 1. The van der Waals surface area contributed by atoms with E-state index < -0.39 is 5.41 Å². The van der Waals surface area contributed by atoms with Crippen LogP contribution in [0.2, 0.25) is 0 Å². The molecule has 124 valence electrons. The quantitative estimate of drug-likeness (QED) is 0.936. The Labute approximate surface area is 142 Å². The van der Waals surface area contributed by atoms with E-state index in [1.165, 1.54) is 5.56 Å². The molecule has 24 heavy (non-hydrogen) atoms. The second kappa shape index (κ2) is 6.11. The summed E-state index contributed by atoms with van der Waals surface area (Å²) in [5, 5.41) is 2.87. The van der Waals surface area contributed by atoms with Crippen molar-refractivity contribution in [1.82, 2.24) is 0 Å². The molecule has 0 unspecified atom stereocenters. The number of rotatable bonds is 4. The minimum atomic E-state index is -0.598. The molecule has 0 fully saturated rings. The highest BCUT2D eigenvalue weighted by Gasteiger charge is 2.44. The van der Waals surface area contributed by atoms with Crippen LogP contribution in [-0.2, 0) is 21.4 Å². The summed E-state index contributed by atoms with van der Waals surface area (Å²) in [5.74, 6) is -0.236. The van der Waals surface area contributed by atoms with Crippen LogP contribution in [0.1, 0.15) is 31.9 Å². The maximum Gasteiger partial charge on any atom is 0.244 e. The molecule has 2 amide bonds. The number of anilines is 2. The smallest absolute Gasteiger partial charge is 0.244 e. The Morgan fingerprint density at radius 1 is 1.08 bits per heavy atom. The third-order valence-electron chi connectivity index (χ3n) is 4.60. The Bertz CT molecular complexity index is 778. The van der Waals surface area contributed by atoms with E-state index in [9.17, 15) is 9.59 Å². The van der Waals surface area contributed by atoms with E-state index in [1.54, 1.807) is 4.90 Å². The predicted molar refractivity (Wildman–Crippen MR) is 96.3 cm³/mol. The van der Waals surface area contributed by atoms with E-state index in [0.29, 0.717) is 0 Å². The number of amides is 2. The molecule has 1 N–H and O–H groups in total. The number of fused-ring (bicyclic) bond motifs is 1. The van der Waals surface area contributed by atoms with Gasteiger partial charge in [-0.1, -0.05) is 37.3 Å². The lowest BCUT2D eigenvalue weighted by atomic mass is 9.86. The van der Waals surface area contributed by atoms with Gasteiger partial charge in [0.25, 0.3) is 0 Å². The van der Waals surface area contributed by atoms with E-state index >= 15 is 0 Å². The summed E-state index contributed by atoms with van der Waals surface area (Å²) >= 11 is 0. The Hall–Kier alpha value is -2.62. The molecule has 1 aliphatic rings. The van der Waals surface area contributed by atoms with Crippen LogP contribution < -0.4 is 10.2 Å². The van der Waals surface area contributed by atoms with Crippen LogP contribution in [0.25, 0.3) is 0 Å². The molecule has 1 aliphatic heterocycles. The zero-order valence-corrected chi connectivity index (χ0v) is 14.3. The second-order valence-electron chi connectivity index (χ2n) is 6.63. The van der Waals surface area contributed by atoms with Crippen molar-refractivity contribution < 1.29 is 9.59 Å². The fourth-order valence-electron chi connectivity index (χ4n) is 3.12. The minimum Gasteiger partial charge on any atom is -0.325 e. The molecule has 0 aromatic heterocycles. The first-order valence-corrected chi connectivity index (χ1v) is 8.23. The van der Waals surface area contributed by atoms with Crippen molar-refractivity contribution >= 4 is 23.2 Å². The summed E-state index contributed by atoms with van der Waals surface area (Å²) in [7, 11) is 0. The van der Waals surface area contributed by atoms with Gasteiger partial charge in [-0.25, -0.2) is 0 Å². The summed E-state index contributed by atoms with van der Waals surface area (Å²) < 4.78 is 0. The van der Waals surface area contributed by atoms with Crippen LogP contribution in [0.3, 0.4) is 0 Å². The molecule has 2 aromatic rings. The number of hydrogen-bond donors (Lipinski definition) is 1. The molecular formula is C20H22N2O2. The molecule has 0 bridgehead atoms. The molecule has 1 heterocycles. The lowest BCUT2D eigenvalue weighted by molar-refractivity contribution is -0.124.